The number of anilines is 1. The summed E-state index contributed by atoms with van der Waals surface area (Å²) in [5.74, 6) is -1.49. The van der Waals surface area contributed by atoms with Gasteiger partial charge in [-0.25, -0.2) is 8.78 Å². The summed E-state index contributed by atoms with van der Waals surface area (Å²) in [7, 11) is 0. The van der Waals surface area contributed by atoms with Gasteiger partial charge in [-0.05, 0) is 29.8 Å². The van der Waals surface area contributed by atoms with Gasteiger partial charge in [0.05, 0.1) is 44.5 Å². The zero-order valence-corrected chi connectivity index (χ0v) is 21.4. The van der Waals surface area contributed by atoms with Crippen molar-refractivity contribution in [2.24, 2.45) is 5.73 Å². The standard InChI is InChI=1S/C27H26F2N6O2S/c1-38-34-22-7-18(6-19(8-22)27-25(29)9-21(28)13-32-27)24(10-30)26-3-2-17(11-31-26)20-12-33-35(14-20)15-23-16-36-4-5-37-23/h2-3,6-14,23,34H,4-5,15-16,30H2,1H3. The zero-order valence-electron chi connectivity index (χ0n) is 20.6. The molecular weight excluding hydrogens is 510 g/mol. The minimum Gasteiger partial charge on any atom is -0.404 e. The van der Waals surface area contributed by atoms with Crippen LogP contribution in [0.1, 0.15) is 11.3 Å². The Morgan fingerprint density at radius 2 is 2.00 bits per heavy atom. The molecule has 0 aliphatic carbocycles. The number of nitrogens with zero attached hydrogens (tertiary/aromatic N) is 4. The summed E-state index contributed by atoms with van der Waals surface area (Å²) in [6.07, 6.45) is 9.80. The van der Waals surface area contributed by atoms with Crippen molar-refractivity contribution in [3.8, 4) is 22.4 Å². The number of benzene rings is 1. The highest BCUT2D eigenvalue weighted by molar-refractivity contribution is 7.99. The molecule has 0 radical (unpaired) electrons. The normalized spacial score (nSPS) is 16.0. The molecule has 11 heteroatoms. The molecule has 1 fully saturated rings. The minimum absolute atomic E-state index is 0.0194. The molecule has 8 nitrogen and oxygen atoms in total. The molecule has 1 saturated heterocycles. The van der Waals surface area contributed by atoms with E-state index in [0.717, 1.165) is 23.4 Å². The van der Waals surface area contributed by atoms with E-state index in [0.29, 0.717) is 54.4 Å². The second-order valence-corrected chi connectivity index (χ2v) is 9.23. The van der Waals surface area contributed by atoms with Crippen LogP contribution in [0.4, 0.5) is 14.5 Å². The Morgan fingerprint density at radius 1 is 1.11 bits per heavy atom. The van der Waals surface area contributed by atoms with Crippen LogP contribution < -0.4 is 10.5 Å². The summed E-state index contributed by atoms with van der Waals surface area (Å²) in [4.78, 5) is 8.60. The summed E-state index contributed by atoms with van der Waals surface area (Å²) in [6.45, 7) is 2.38. The van der Waals surface area contributed by atoms with Gasteiger partial charge in [0.25, 0.3) is 0 Å². The fourth-order valence-electron chi connectivity index (χ4n) is 4.24. The monoisotopic (exact) mass is 536 g/mol. The molecule has 3 N–H and O–H groups in total. The lowest BCUT2D eigenvalue weighted by molar-refractivity contribution is -0.0946. The number of nitrogens with two attached hydrogens (primary N) is 1. The molecule has 4 heterocycles. The topological polar surface area (TPSA) is 100 Å². The lowest BCUT2D eigenvalue weighted by atomic mass is 9.98. The maximum Gasteiger partial charge on any atom is 0.152 e. The van der Waals surface area contributed by atoms with Crippen molar-refractivity contribution in [3.05, 3.63) is 90.3 Å². The van der Waals surface area contributed by atoms with Crippen LogP contribution in [-0.2, 0) is 16.0 Å². The van der Waals surface area contributed by atoms with Crippen molar-refractivity contribution in [3.63, 3.8) is 0 Å². The third-order valence-corrected chi connectivity index (χ3v) is 6.43. The first kappa shape index (κ1) is 25.8. The average molecular weight is 537 g/mol. The predicted molar refractivity (Wildman–Crippen MR) is 144 cm³/mol. The number of pyridine rings is 2. The zero-order chi connectivity index (χ0) is 26.5. The Balaban J connectivity index is 1.41. The Hall–Kier alpha value is -3.80. The number of halogens is 2. The lowest BCUT2D eigenvalue weighted by Crippen LogP contribution is -2.32. The molecule has 1 aliphatic rings. The fourth-order valence-corrected chi connectivity index (χ4v) is 4.59. The van der Waals surface area contributed by atoms with Crippen LogP contribution in [0.15, 0.2) is 67.4 Å². The van der Waals surface area contributed by atoms with Gasteiger partial charge in [0, 0.05) is 58.9 Å². The summed E-state index contributed by atoms with van der Waals surface area (Å²) >= 11 is 1.39. The minimum atomic E-state index is -0.749. The molecule has 3 aromatic heterocycles. The number of hydrogen-bond acceptors (Lipinski definition) is 8. The molecular formula is C27H26F2N6O2S. The van der Waals surface area contributed by atoms with Crippen molar-refractivity contribution in [1.29, 1.82) is 0 Å². The number of ether oxygens (including phenoxy) is 2. The quantitative estimate of drug-likeness (QED) is 0.312. The van der Waals surface area contributed by atoms with E-state index in [1.54, 1.807) is 24.5 Å². The van der Waals surface area contributed by atoms with Crippen LogP contribution in [0, 0.1) is 11.6 Å². The van der Waals surface area contributed by atoms with Gasteiger partial charge >= 0.3 is 0 Å². The second-order valence-electron chi connectivity index (χ2n) is 8.62. The Bertz CT molecular complexity index is 1440. The van der Waals surface area contributed by atoms with Crippen LogP contribution >= 0.6 is 11.9 Å². The molecule has 0 saturated carbocycles. The first-order valence-electron chi connectivity index (χ1n) is 11.9. The smallest absolute Gasteiger partial charge is 0.152 e. The Labute approximate surface area is 223 Å². The molecule has 1 atom stereocenters. The van der Waals surface area contributed by atoms with Gasteiger partial charge in [-0.2, -0.15) is 5.10 Å². The highest BCUT2D eigenvalue weighted by atomic mass is 32.2. The largest absolute Gasteiger partial charge is 0.404 e. The molecule has 0 bridgehead atoms. The van der Waals surface area contributed by atoms with Gasteiger partial charge in [0.2, 0.25) is 0 Å². The number of nitrogens with one attached hydrogen (secondary N) is 1. The van der Waals surface area contributed by atoms with E-state index in [9.17, 15) is 8.78 Å². The summed E-state index contributed by atoms with van der Waals surface area (Å²) in [5, 5.41) is 4.44. The van der Waals surface area contributed by atoms with E-state index < -0.39 is 11.6 Å². The molecule has 0 spiro atoms. The Morgan fingerprint density at radius 3 is 2.71 bits per heavy atom. The molecule has 1 unspecified atom stereocenters. The van der Waals surface area contributed by atoms with Gasteiger partial charge in [-0.1, -0.05) is 18.0 Å². The maximum atomic E-state index is 14.5. The van der Waals surface area contributed by atoms with Gasteiger partial charge in [0.1, 0.15) is 17.6 Å². The summed E-state index contributed by atoms with van der Waals surface area (Å²) < 4.78 is 44.1. The molecule has 1 aromatic carbocycles. The highest BCUT2D eigenvalue weighted by Crippen LogP contribution is 2.32. The number of aromatic nitrogens is 4. The lowest BCUT2D eigenvalue weighted by Gasteiger charge is -2.22. The number of rotatable bonds is 8. The van der Waals surface area contributed by atoms with Crippen LogP contribution in [0.3, 0.4) is 0 Å². The van der Waals surface area contributed by atoms with E-state index in [2.05, 4.69) is 19.8 Å². The van der Waals surface area contributed by atoms with Crippen molar-refractivity contribution in [2.75, 3.05) is 30.8 Å². The van der Waals surface area contributed by atoms with Crippen LogP contribution in [0.5, 0.6) is 0 Å². The van der Waals surface area contributed by atoms with Gasteiger partial charge < -0.3 is 19.9 Å². The van der Waals surface area contributed by atoms with Gasteiger partial charge in [-0.15, -0.1) is 0 Å². The average Bonchev–Trinajstić information content (AvgIpc) is 3.38. The van der Waals surface area contributed by atoms with Crippen molar-refractivity contribution in [2.45, 2.75) is 12.6 Å². The van der Waals surface area contributed by atoms with Crippen LogP contribution in [0.2, 0.25) is 0 Å². The van der Waals surface area contributed by atoms with Crippen LogP contribution in [-0.4, -0.2) is 51.9 Å². The van der Waals surface area contributed by atoms with E-state index >= 15 is 0 Å². The van der Waals surface area contributed by atoms with Crippen molar-refractivity contribution in [1.82, 2.24) is 19.7 Å². The van der Waals surface area contributed by atoms with Gasteiger partial charge in [0.15, 0.2) is 5.82 Å². The van der Waals surface area contributed by atoms with Crippen molar-refractivity contribution >= 4 is 23.2 Å². The fraction of sp³-hybridized carbons (Fsp3) is 0.222. The molecule has 38 heavy (non-hydrogen) atoms. The second kappa shape index (κ2) is 11.7. The van der Waals surface area contributed by atoms with Gasteiger partial charge in [-0.3, -0.25) is 14.6 Å². The van der Waals surface area contributed by atoms with Crippen LogP contribution in [0.25, 0.3) is 28.0 Å². The molecule has 1 aliphatic heterocycles. The molecule has 5 rings (SSSR count). The highest BCUT2D eigenvalue weighted by Gasteiger charge is 2.17. The molecule has 196 valence electrons. The first-order valence-corrected chi connectivity index (χ1v) is 13.1. The summed E-state index contributed by atoms with van der Waals surface area (Å²) in [6, 6.07) is 10.0. The van der Waals surface area contributed by atoms with E-state index in [1.807, 2.05) is 35.3 Å². The van der Waals surface area contributed by atoms with E-state index in [1.165, 1.54) is 18.1 Å². The molecule has 0 amide bonds. The maximum absolute atomic E-state index is 14.5. The first-order chi connectivity index (χ1) is 18.5. The number of hydrogen-bond donors (Lipinski definition) is 2. The molecule has 4 aromatic rings. The van der Waals surface area contributed by atoms with E-state index in [-0.39, 0.29) is 11.8 Å². The SMILES string of the molecule is CSNc1cc(C(=CN)c2ccc(-c3cnn(CC4COCCO4)c3)cn2)cc(-c2ncc(F)cc2F)c1. The Kier molecular flexibility index (Phi) is 7.97. The van der Waals surface area contributed by atoms with Crippen molar-refractivity contribution < 1.29 is 18.3 Å². The van der Waals surface area contributed by atoms with E-state index in [4.69, 9.17) is 15.2 Å². The third kappa shape index (κ3) is 5.85. The predicted octanol–water partition coefficient (Wildman–Crippen LogP) is 4.74. The third-order valence-electron chi connectivity index (χ3n) is 5.99. The summed E-state index contributed by atoms with van der Waals surface area (Å²) in [5.41, 5.74) is 11.1.